The lowest BCUT2D eigenvalue weighted by molar-refractivity contribution is -0.136. The molecule has 2 aromatic carbocycles. The largest absolute Gasteiger partial charge is 0.295 e. The minimum atomic E-state index is -0.747. The van der Waals surface area contributed by atoms with Crippen molar-refractivity contribution in [2.24, 2.45) is 5.10 Å². The monoisotopic (exact) mass is 338 g/mol. The fourth-order valence-corrected chi connectivity index (χ4v) is 2.98. The quantitative estimate of drug-likeness (QED) is 0.863. The van der Waals surface area contributed by atoms with Crippen LogP contribution in [0.15, 0.2) is 47.6 Å². The van der Waals surface area contributed by atoms with Crippen molar-refractivity contribution < 1.29 is 14.4 Å². The highest BCUT2D eigenvalue weighted by molar-refractivity contribution is 6.06. The van der Waals surface area contributed by atoms with E-state index in [0.717, 1.165) is 16.3 Å². The molecule has 0 radical (unpaired) electrons. The Kier molecular flexibility index (Phi) is 4.22. The number of rotatable bonds is 1. The minimum absolute atomic E-state index is 0.0492. The van der Waals surface area contributed by atoms with E-state index in [2.05, 4.69) is 10.4 Å². The Morgan fingerprint density at radius 1 is 0.960 bits per heavy atom. The molecule has 7 heteroatoms. The standard InChI is InChI=1S/C18H18N4O3/c1-11(23)19-18-20-22(13(3)25)17(21(18)12(2)24)16-10-6-8-14-7-4-5-9-15(14)16/h4-10,17H,1-3H3,(H,19,20,23). The van der Waals surface area contributed by atoms with E-state index < -0.39 is 6.17 Å². The molecule has 1 aliphatic heterocycles. The van der Waals surface area contributed by atoms with Crippen LogP contribution in [-0.2, 0) is 14.4 Å². The van der Waals surface area contributed by atoms with Crippen LogP contribution in [0.25, 0.3) is 10.8 Å². The number of amides is 3. The van der Waals surface area contributed by atoms with Crippen molar-refractivity contribution in [1.29, 1.82) is 0 Å². The number of hydrogen-bond donors (Lipinski definition) is 1. The number of carbonyl (C=O) groups is 3. The molecule has 7 nitrogen and oxygen atoms in total. The van der Waals surface area contributed by atoms with E-state index in [0.29, 0.717) is 0 Å². The van der Waals surface area contributed by atoms with Crippen LogP contribution in [-0.4, -0.2) is 33.6 Å². The molecule has 3 amide bonds. The average molecular weight is 338 g/mol. The van der Waals surface area contributed by atoms with E-state index in [1.165, 1.54) is 30.7 Å². The van der Waals surface area contributed by atoms with Crippen molar-refractivity contribution in [3.63, 3.8) is 0 Å². The Bertz CT molecular complexity index is 901. The first-order valence-corrected chi connectivity index (χ1v) is 7.83. The van der Waals surface area contributed by atoms with Gasteiger partial charge in [0, 0.05) is 26.3 Å². The number of hydrazone groups is 1. The maximum atomic E-state index is 12.3. The molecule has 1 unspecified atom stereocenters. The maximum Gasteiger partial charge on any atom is 0.241 e. The molecule has 0 fully saturated rings. The van der Waals surface area contributed by atoms with E-state index in [1.807, 2.05) is 42.5 Å². The third kappa shape index (κ3) is 2.96. The maximum absolute atomic E-state index is 12.3. The number of nitrogens with one attached hydrogen (secondary N) is 1. The van der Waals surface area contributed by atoms with Crippen molar-refractivity contribution >= 4 is 34.5 Å². The van der Waals surface area contributed by atoms with E-state index in [1.54, 1.807) is 0 Å². The number of hydrogen-bond acceptors (Lipinski definition) is 4. The molecule has 0 bridgehead atoms. The molecule has 0 aromatic heterocycles. The van der Waals surface area contributed by atoms with Crippen LogP contribution in [0, 0.1) is 0 Å². The second-order valence-electron chi connectivity index (χ2n) is 5.80. The minimum Gasteiger partial charge on any atom is -0.295 e. The van der Waals surface area contributed by atoms with Crippen LogP contribution >= 0.6 is 0 Å². The molecule has 0 saturated heterocycles. The number of nitrogens with zero attached hydrogens (tertiary/aromatic N) is 3. The molecule has 128 valence electrons. The smallest absolute Gasteiger partial charge is 0.241 e. The number of carbonyl (C=O) groups excluding carboxylic acids is 3. The first-order chi connectivity index (χ1) is 11.9. The number of benzene rings is 2. The van der Waals surface area contributed by atoms with Gasteiger partial charge < -0.3 is 0 Å². The molecule has 1 heterocycles. The third-order valence-corrected chi connectivity index (χ3v) is 3.96. The summed E-state index contributed by atoms with van der Waals surface area (Å²) in [7, 11) is 0. The molecule has 0 spiro atoms. The van der Waals surface area contributed by atoms with Crippen LogP contribution in [0.1, 0.15) is 32.5 Å². The molecule has 0 aliphatic carbocycles. The van der Waals surface area contributed by atoms with Crippen LogP contribution in [0.3, 0.4) is 0 Å². The zero-order valence-electron chi connectivity index (χ0n) is 14.2. The summed E-state index contributed by atoms with van der Waals surface area (Å²) in [6.45, 7) is 4.07. The van der Waals surface area contributed by atoms with Gasteiger partial charge in [0.2, 0.25) is 23.7 Å². The number of fused-ring (bicyclic) bond motifs is 1. The van der Waals surface area contributed by atoms with Crippen molar-refractivity contribution in [3.05, 3.63) is 48.0 Å². The van der Waals surface area contributed by atoms with Gasteiger partial charge in [-0.05, 0) is 10.8 Å². The van der Waals surface area contributed by atoms with E-state index in [9.17, 15) is 14.4 Å². The predicted octanol–water partition coefficient (Wildman–Crippen LogP) is 1.96. The van der Waals surface area contributed by atoms with Crippen LogP contribution < -0.4 is 5.32 Å². The summed E-state index contributed by atoms with van der Waals surface area (Å²) in [4.78, 5) is 37.2. The highest BCUT2D eigenvalue weighted by Gasteiger charge is 2.41. The second-order valence-corrected chi connectivity index (χ2v) is 5.80. The molecule has 0 saturated carbocycles. The lowest BCUT2D eigenvalue weighted by Crippen LogP contribution is -2.45. The van der Waals surface area contributed by atoms with Crippen LogP contribution in [0.2, 0.25) is 0 Å². The summed E-state index contributed by atoms with van der Waals surface area (Å²) in [6.07, 6.45) is -0.747. The van der Waals surface area contributed by atoms with Gasteiger partial charge in [0.05, 0.1) is 0 Å². The highest BCUT2D eigenvalue weighted by atomic mass is 16.2. The predicted molar refractivity (Wildman–Crippen MR) is 93.0 cm³/mol. The van der Waals surface area contributed by atoms with Gasteiger partial charge in [-0.3, -0.25) is 24.6 Å². The second kappa shape index (κ2) is 6.35. The zero-order chi connectivity index (χ0) is 18.1. The Labute approximate surface area is 144 Å². The molecule has 1 atom stereocenters. The Morgan fingerprint density at radius 2 is 1.64 bits per heavy atom. The zero-order valence-corrected chi connectivity index (χ0v) is 14.2. The van der Waals surface area contributed by atoms with E-state index in [4.69, 9.17) is 0 Å². The molecular formula is C18H18N4O3. The molecule has 1 aliphatic rings. The Morgan fingerprint density at radius 3 is 2.28 bits per heavy atom. The van der Waals surface area contributed by atoms with E-state index in [-0.39, 0.29) is 23.7 Å². The van der Waals surface area contributed by atoms with Gasteiger partial charge in [-0.25, -0.2) is 5.01 Å². The molecular weight excluding hydrogens is 320 g/mol. The first kappa shape index (κ1) is 16.6. The summed E-state index contributed by atoms with van der Waals surface area (Å²) in [5, 5.41) is 9.81. The van der Waals surface area contributed by atoms with Gasteiger partial charge in [-0.2, -0.15) is 0 Å². The molecule has 25 heavy (non-hydrogen) atoms. The van der Waals surface area contributed by atoms with Gasteiger partial charge in [0.25, 0.3) is 0 Å². The lowest BCUT2D eigenvalue weighted by Gasteiger charge is -2.29. The molecule has 1 N–H and O–H groups in total. The van der Waals surface area contributed by atoms with Gasteiger partial charge in [0.15, 0.2) is 6.17 Å². The first-order valence-electron chi connectivity index (χ1n) is 7.83. The van der Waals surface area contributed by atoms with Crippen molar-refractivity contribution in [3.8, 4) is 0 Å². The SMILES string of the molecule is CC(=O)NC1=NN(C(C)=O)C(c2cccc3ccccc23)N1C(C)=O. The topological polar surface area (TPSA) is 82.1 Å². The summed E-state index contributed by atoms with van der Waals surface area (Å²) >= 11 is 0. The Hall–Kier alpha value is -3.22. The summed E-state index contributed by atoms with van der Waals surface area (Å²) < 4.78 is 0. The third-order valence-electron chi connectivity index (χ3n) is 3.96. The lowest BCUT2D eigenvalue weighted by atomic mass is 10.0. The summed E-state index contributed by atoms with van der Waals surface area (Å²) in [5.74, 6) is -0.973. The molecule has 2 aromatic rings. The van der Waals surface area contributed by atoms with Gasteiger partial charge in [-0.15, -0.1) is 5.10 Å². The van der Waals surface area contributed by atoms with Crippen LogP contribution in [0.5, 0.6) is 0 Å². The fraction of sp³-hybridized carbons (Fsp3) is 0.222. The van der Waals surface area contributed by atoms with E-state index >= 15 is 0 Å². The fourth-order valence-electron chi connectivity index (χ4n) is 2.98. The van der Waals surface area contributed by atoms with Gasteiger partial charge >= 0.3 is 0 Å². The van der Waals surface area contributed by atoms with Gasteiger partial charge in [0.1, 0.15) is 0 Å². The summed E-state index contributed by atoms with van der Waals surface area (Å²) in [6, 6.07) is 13.4. The summed E-state index contributed by atoms with van der Waals surface area (Å²) in [5.41, 5.74) is 0.757. The van der Waals surface area contributed by atoms with Gasteiger partial charge in [-0.1, -0.05) is 42.5 Å². The normalized spacial score (nSPS) is 16.8. The average Bonchev–Trinajstić information content (AvgIpc) is 2.93. The van der Waals surface area contributed by atoms with Crippen LogP contribution in [0.4, 0.5) is 0 Å². The van der Waals surface area contributed by atoms with Crippen molar-refractivity contribution in [2.45, 2.75) is 26.9 Å². The molecule has 3 rings (SSSR count). The Balaban J connectivity index is 2.18. The van der Waals surface area contributed by atoms with Crippen molar-refractivity contribution in [1.82, 2.24) is 15.2 Å². The highest BCUT2D eigenvalue weighted by Crippen LogP contribution is 2.35. The van der Waals surface area contributed by atoms with Crippen molar-refractivity contribution in [2.75, 3.05) is 0 Å². The number of guanidine groups is 1.